The molecule has 3 rings (SSSR count). The molecule has 2 atom stereocenters. The first-order valence-electron chi connectivity index (χ1n) is 6.64. The molecule has 5 heteroatoms. The van der Waals surface area contributed by atoms with Crippen molar-refractivity contribution in [2.45, 2.75) is 57.2 Å². The highest BCUT2D eigenvalue weighted by molar-refractivity contribution is 5.04. The fraction of sp³-hybridized carbons (Fsp3) is 0.833. The minimum atomic E-state index is 0.0669. The zero-order valence-electron chi connectivity index (χ0n) is 10.1. The summed E-state index contributed by atoms with van der Waals surface area (Å²) in [5.74, 6) is 2.02. The van der Waals surface area contributed by atoms with Crippen LogP contribution in [0, 0.1) is 0 Å². The van der Waals surface area contributed by atoms with Gasteiger partial charge in [0, 0.05) is 19.6 Å². The highest BCUT2D eigenvalue weighted by Crippen LogP contribution is 2.24. The minimum Gasteiger partial charge on any atom is -0.378 e. The summed E-state index contributed by atoms with van der Waals surface area (Å²) in [6.07, 6.45) is 6.98. The molecule has 1 aromatic rings. The van der Waals surface area contributed by atoms with Crippen LogP contribution in [0.5, 0.6) is 0 Å². The predicted octanol–water partition coefficient (Wildman–Crippen LogP) is 1.18. The molecule has 1 fully saturated rings. The van der Waals surface area contributed by atoms with Gasteiger partial charge in [-0.2, -0.15) is 0 Å². The molecule has 0 aliphatic carbocycles. The van der Waals surface area contributed by atoms with Gasteiger partial charge in [0.2, 0.25) is 0 Å². The molecule has 2 unspecified atom stereocenters. The number of nitrogens with zero attached hydrogens (tertiary/aromatic N) is 3. The molecular formula is C12H20N4O. The van der Waals surface area contributed by atoms with Crippen LogP contribution in [0.4, 0.5) is 0 Å². The summed E-state index contributed by atoms with van der Waals surface area (Å²) in [4.78, 5) is 0. The average molecular weight is 236 g/mol. The van der Waals surface area contributed by atoms with Crippen LogP contribution < -0.4 is 5.73 Å². The van der Waals surface area contributed by atoms with Gasteiger partial charge in [-0.3, -0.25) is 0 Å². The molecule has 17 heavy (non-hydrogen) atoms. The molecule has 0 spiro atoms. The molecule has 0 amide bonds. The Morgan fingerprint density at radius 2 is 2.18 bits per heavy atom. The minimum absolute atomic E-state index is 0.0669. The van der Waals surface area contributed by atoms with E-state index in [4.69, 9.17) is 10.5 Å². The second kappa shape index (κ2) is 4.74. The number of hydrogen-bond acceptors (Lipinski definition) is 4. The third-order valence-electron chi connectivity index (χ3n) is 3.77. The van der Waals surface area contributed by atoms with E-state index in [1.54, 1.807) is 0 Å². The topological polar surface area (TPSA) is 66.0 Å². The van der Waals surface area contributed by atoms with Crippen molar-refractivity contribution in [1.82, 2.24) is 14.8 Å². The third kappa shape index (κ3) is 2.21. The van der Waals surface area contributed by atoms with Gasteiger partial charge in [-0.25, -0.2) is 0 Å². The van der Waals surface area contributed by atoms with Crippen molar-refractivity contribution >= 4 is 0 Å². The van der Waals surface area contributed by atoms with Crippen LogP contribution in [0.3, 0.4) is 0 Å². The van der Waals surface area contributed by atoms with Crippen LogP contribution in [0.25, 0.3) is 0 Å². The fourth-order valence-electron chi connectivity index (χ4n) is 2.79. The monoisotopic (exact) mass is 236 g/mol. The van der Waals surface area contributed by atoms with Crippen LogP contribution >= 0.6 is 0 Å². The predicted molar refractivity (Wildman–Crippen MR) is 63.5 cm³/mol. The molecule has 1 saturated heterocycles. The molecule has 0 aromatic carbocycles. The molecule has 5 nitrogen and oxygen atoms in total. The van der Waals surface area contributed by atoms with Gasteiger partial charge < -0.3 is 15.0 Å². The van der Waals surface area contributed by atoms with Gasteiger partial charge in [-0.15, -0.1) is 10.2 Å². The van der Waals surface area contributed by atoms with Gasteiger partial charge in [-0.05, 0) is 32.1 Å². The number of aromatic nitrogens is 3. The number of ether oxygens (including phenoxy) is 1. The zero-order valence-corrected chi connectivity index (χ0v) is 10.1. The lowest BCUT2D eigenvalue weighted by atomic mass is 10.0. The Labute approximate surface area is 101 Å². The van der Waals surface area contributed by atoms with E-state index in [1.807, 2.05) is 0 Å². The Morgan fingerprint density at radius 1 is 1.24 bits per heavy atom. The second-order valence-electron chi connectivity index (χ2n) is 5.07. The van der Waals surface area contributed by atoms with Crippen molar-refractivity contribution in [2.75, 3.05) is 6.61 Å². The molecule has 2 aliphatic rings. The molecule has 2 N–H and O–H groups in total. The third-order valence-corrected chi connectivity index (χ3v) is 3.77. The average Bonchev–Trinajstić information content (AvgIpc) is 2.76. The summed E-state index contributed by atoms with van der Waals surface area (Å²) < 4.78 is 7.96. The van der Waals surface area contributed by atoms with E-state index in [0.717, 1.165) is 50.5 Å². The van der Waals surface area contributed by atoms with E-state index in [9.17, 15) is 0 Å². The fourth-order valence-corrected chi connectivity index (χ4v) is 2.79. The van der Waals surface area contributed by atoms with E-state index in [-0.39, 0.29) is 6.04 Å². The highest BCUT2D eigenvalue weighted by Gasteiger charge is 2.24. The highest BCUT2D eigenvalue weighted by atomic mass is 16.5. The number of rotatable bonds is 2. The van der Waals surface area contributed by atoms with E-state index < -0.39 is 0 Å². The molecule has 0 radical (unpaired) electrons. The van der Waals surface area contributed by atoms with Gasteiger partial charge in [0.15, 0.2) is 0 Å². The van der Waals surface area contributed by atoms with Crippen LogP contribution in [0.2, 0.25) is 0 Å². The quantitative estimate of drug-likeness (QED) is 0.837. The Bertz CT molecular complexity index is 384. The molecule has 94 valence electrons. The molecule has 2 aliphatic heterocycles. The molecule has 1 aromatic heterocycles. The lowest BCUT2D eigenvalue weighted by Crippen LogP contribution is -2.26. The first-order valence-corrected chi connectivity index (χ1v) is 6.64. The summed E-state index contributed by atoms with van der Waals surface area (Å²) in [5.41, 5.74) is 6.04. The lowest BCUT2D eigenvalue weighted by molar-refractivity contribution is 0.0150. The Hall–Kier alpha value is -0.940. The van der Waals surface area contributed by atoms with E-state index in [0.29, 0.717) is 6.10 Å². The summed E-state index contributed by atoms with van der Waals surface area (Å²) in [6.45, 7) is 1.91. The maximum Gasteiger partial charge on any atom is 0.149 e. The first kappa shape index (κ1) is 11.2. The summed E-state index contributed by atoms with van der Waals surface area (Å²) in [7, 11) is 0. The van der Waals surface area contributed by atoms with Gasteiger partial charge in [0.25, 0.3) is 0 Å². The van der Waals surface area contributed by atoms with Crippen molar-refractivity contribution in [1.29, 1.82) is 0 Å². The zero-order chi connectivity index (χ0) is 11.7. The summed E-state index contributed by atoms with van der Waals surface area (Å²) in [5, 5.41) is 8.53. The number of nitrogens with two attached hydrogens (primary N) is 1. The Kier molecular flexibility index (Phi) is 3.11. The lowest BCUT2D eigenvalue weighted by Gasteiger charge is -2.24. The smallest absolute Gasteiger partial charge is 0.149 e. The maximum atomic E-state index is 6.04. The largest absolute Gasteiger partial charge is 0.378 e. The SMILES string of the molecule is NC1CCCn2c(CC3CCCCO3)nnc21. The standard InChI is InChI=1S/C12H20N4O/c13-10-5-3-6-16-11(14-15-12(10)16)8-9-4-1-2-7-17-9/h9-10H,1-8,13H2. The van der Waals surface area contributed by atoms with E-state index in [2.05, 4.69) is 14.8 Å². The van der Waals surface area contributed by atoms with Crippen molar-refractivity contribution in [3.63, 3.8) is 0 Å². The van der Waals surface area contributed by atoms with E-state index >= 15 is 0 Å². The molecule has 0 saturated carbocycles. The van der Waals surface area contributed by atoms with Gasteiger partial charge in [0.1, 0.15) is 11.6 Å². The van der Waals surface area contributed by atoms with Crippen molar-refractivity contribution in [3.05, 3.63) is 11.6 Å². The molecular weight excluding hydrogens is 216 g/mol. The number of fused-ring (bicyclic) bond motifs is 1. The van der Waals surface area contributed by atoms with Gasteiger partial charge >= 0.3 is 0 Å². The van der Waals surface area contributed by atoms with Crippen molar-refractivity contribution in [2.24, 2.45) is 5.73 Å². The van der Waals surface area contributed by atoms with Crippen LogP contribution in [-0.2, 0) is 17.7 Å². The van der Waals surface area contributed by atoms with Gasteiger partial charge in [-0.1, -0.05) is 0 Å². The molecule has 0 bridgehead atoms. The summed E-state index contributed by atoms with van der Waals surface area (Å²) >= 11 is 0. The van der Waals surface area contributed by atoms with E-state index in [1.165, 1.54) is 12.8 Å². The Balaban J connectivity index is 1.74. The first-order chi connectivity index (χ1) is 8.34. The van der Waals surface area contributed by atoms with Crippen molar-refractivity contribution in [3.8, 4) is 0 Å². The maximum absolute atomic E-state index is 6.04. The summed E-state index contributed by atoms with van der Waals surface area (Å²) in [6, 6.07) is 0.0669. The van der Waals surface area contributed by atoms with Crippen LogP contribution in [0.15, 0.2) is 0 Å². The second-order valence-corrected chi connectivity index (χ2v) is 5.07. The normalized spacial score (nSPS) is 29.0. The Morgan fingerprint density at radius 3 is 3.00 bits per heavy atom. The van der Waals surface area contributed by atoms with Gasteiger partial charge in [0.05, 0.1) is 12.1 Å². The van der Waals surface area contributed by atoms with Crippen LogP contribution in [0.1, 0.15) is 49.8 Å². The van der Waals surface area contributed by atoms with Crippen LogP contribution in [-0.4, -0.2) is 27.5 Å². The molecule has 3 heterocycles. The number of hydrogen-bond donors (Lipinski definition) is 1. The van der Waals surface area contributed by atoms with Crippen molar-refractivity contribution < 1.29 is 4.74 Å².